The topological polar surface area (TPSA) is 82.7 Å². The second-order valence-corrected chi connectivity index (χ2v) is 9.13. The van der Waals surface area contributed by atoms with Gasteiger partial charge in [0, 0.05) is 28.9 Å². The van der Waals surface area contributed by atoms with Gasteiger partial charge >= 0.3 is 0 Å². The lowest BCUT2D eigenvalue weighted by atomic mass is 9.79. The number of carbonyl (C=O) groups excluding carboxylic acids is 1. The molecule has 29 heavy (non-hydrogen) atoms. The normalized spacial score (nSPS) is 18.7. The van der Waals surface area contributed by atoms with Gasteiger partial charge in [0.05, 0.1) is 11.1 Å². The SMILES string of the molecule is CC1(C)CC(NC(=O)c2ccc(-c3nc4ncccc4[nH]3)c(F)c2)CC(C)(C)N1. The van der Waals surface area contributed by atoms with Gasteiger partial charge in [-0.25, -0.2) is 14.4 Å². The van der Waals surface area contributed by atoms with Crippen molar-refractivity contribution in [3.05, 3.63) is 47.9 Å². The van der Waals surface area contributed by atoms with Gasteiger partial charge in [0.25, 0.3) is 5.91 Å². The van der Waals surface area contributed by atoms with Gasteiger partial charge in [-0.15, -0.1) is 0 Å². The summed E-state index contributed by atoms with van der Waals surface area (Å²) in [5, 5.41) is 6.67. The number of carbonyl (C=O) groups is 1. The number of halogens is 1. The molecule has 1 aromatic carbocycles. The summed E-state index contributed by atoms with van der Waals surface area (Å²) < 4.78 is 14.8. The van der Waals surface area contributed by atoms with E-state index in [2.05, 4.69) is 53.3 Å². The number of pyridine rings is 1. The Morgan fingerprint density at radius 3 is 2.55 bits per heavy atom. The highest BCUT2D eigenvalue weighted by Crippen LogP contribution is 2.29. The second kappa shape index (κ2) is 6.91. The number of nitrogens with one attached hydrogen (secondary N) is 3. The van der Waals surface area contributed by atoms with Crippen LogP contribution in [0.25, 0.3) is 22.6 Å². The van der Waals surface area contributed by atoms with Gasteiger partial charge in [-0.3, -0.25) is 4.79 Å². The number of amides is 1. The summed E-state index contributed by atoms with van der Waals surface area (Å²) in [6, 6.07) is 8.13. The third-order valence-corrected chi connectivity index (χ3v) is 5.27. The predicted octanol–water partition coefficient (Wildman–Crippen LogP) is 3.80. The van der Waals surface area contributed by atoms with Crippen molar-refractivity contribution in [1.29, 1.82) is 0 Å². The molecule has 1 saturated heterocycles. The maximum atomic E-state index is 14.8. The summed E-state index contributed by atoms with van der Waals surface area (Å²) in [6.07, 6.45) is 3.27. The molecular formula is C22H26FN5O. The molecule has 3 N–H and O–H groups in total. The molecule has 7 heteroatoms. The fourth-order valence-electron chi connectivity index (χ4n) is 4.51. The zero-order chi connectivity index (χ0) is 20.8. The third-order valence-electron chi connectivity index (χ3n) is 5.27. The average Bonchev–Trinajstić information content (AvgIpc) is 3.02. The molecule has 0 aliphatic carbocycles. The molecule has 1 fully saturated rings. The molecule has 3 heterocycles. The molecule has 4 rings (SSSR count). The van der Waals surface area contributed by atoms with Crippen LogP contribution in [0.1, 0.15) is 50.9 Å². The van der Waals surface area contributed by atoms with Crippen LogP contribution in [0.4, 0.5) is 4.39 Å². The van der Waals surface area contributed by atoms with Crippen LogP contribution in [0.5, 0.6) is 0 Å². The van der Waals surface area contributed by atoms with Crippen molar-refractivity contribution in [2.45, 2.75) is 57.7 Å². The smallest absolute Gasteiger partial charge is 0.251 e. The van der Waals surface area contributed by atoms with E-state index in [1.807, 2.05) is 6.07 Å². The highest BCUT2D eigenvalue weighted by Gasteiger charge is 2.38. The molecule has 1 aliphatic rings. The molecule has 0 unspecified atom stereocenters. The van der Waals surface area contributed by atoms with Gasteiger partial charge in [0.15, 0.2) is 5.65 Å². The molecule has 1 amide bonds. The molecule has 0 radical (unpaired) electrons. The Bertz CT molecular complexity index is 1020. The highest BCUT2D eigenvalue weighted by atomic mass is 19.1. The monoisotopic (exact) mass is 395 g/mol. The van der Waals surface area contributed by atoms with Gasteiger partial charge in [0.1, 0.15) is 11.6 Å². The van der Waals surface area contributed by atoms with Crippen LogP contribution in [0.15, 0.2) is 36.5 Å². The number of fused-ring (bicyclic) bond motifs is 1. The molecule has 3 aromatic rings. The average molecular weight is 395 g/mol. The van der Waals surface area contributed by atoms with E-state index >= 15 is 0 Å². The Morgan fingerprint density at radius 1 is 1.17 bits per heavy atom. The fraction of sp³-hybridized carbons (Fsp3) is 0.409. The van der Waals surface area contributed by atoms with E-state index in [9.17, 15) is 9.18 Å². The quantitative estimate of drug-likeness (QED) is 0.630. The summed E-state index contributed by atoms with van der Waals surface area (Å²) in [7, 11) is 0. The lowest BCUT2D eigenvalue weighted by Gasteiger charge is -2.46. The van der Waals surface area contributed by atoms with Crippen LogP contribution in [0, 0.1) is 5.82 Å². The number of benzene rings is 1. The van der Waals surface area contributed by atoms with E-state index in [1.54, 1.807) is 24.4 Å². The minimum absolute atomic E-state index is 0.0259. The van der Waals surface area contributed by atoms with Crippen molar-refractivity contribution in [3.63, 3.8) is 0 Å². The van der Waals surface area contributed by atoms with E-state index < -0.39 is 5.82 Å². The Kier molecular flexibility index (Phi) is 4.65. The van der Waals surface area contributed by atoms with E-state index in [0.717, 1.165) is 18.4 Å². The zero-order valence-electron chi connectivity index (χ0n) is 17.1. The lowest BCUT2D eigenvalue weighted by Crippen LogP contribution is -2.62. The van der Waals surface area contributed by atoms with Crippen molar-refractivity contribution in [2.75, 3.05) is 0 Å². The zero-order valence-corrected chi connectivity index (χ0v) is 17.1. The highest BCUT2D eigenvalue weighted by molar-refractivity contribution is 5.95. The molecule has 2 aromatic heterocycles. The number of hydrogen-bond acceptors (Lipinski definition) is 4. The molecule has 0 spiro atoms. The number of nitrogens with zero attached hydrogens (tertiary/aromatic N) is 2. The standard InChI is InChI=1S/C22H26FN5O/c1-21(2)11-14(12-22(3,4)28-21)25-20(29)13-7-8-15(16(23)10-13)18-26-17-6-5-9-24-19(17)27-18/h5-10,14,28H,11-12H2,1-4H3,(H,25,29)(H,24,26,27). The molecule has 6 nitrogen and oxygen atoms in total. The van der Waals surface area contributed by atoms with Crippen molar-refractivity contribution >= 4 is 17.1 Å². The van der Waals surface area contributed by atoms with Crippen LogP contribution in [-0.4, -0.2) is 38.0 Å². The van der Waals surface area contributed by atoms with Crippen molar-refractivity contribution in [1.82, 2.24) is 25.6 Å². The number of aromatic nitrogens is 3. The van der Waals surface area contributed by atoms with Gasteiger partial charge in [0.2, 0.25) is 0 Å². The molecule has 0 saturated carbocycles. The Hall–Kier alpha value is -2.80. The second-order valence-electron chi connectivity index (χ2n) is 9.13. The van der Waals surface area contributed by atoms with Crippen LogP contribution in [0.3, 0.4) is 0 Å². The van der Waals surface area contributed by atoms with E-state index in [0.29, 0.717) is 22.6 Å². The molecule has 152 valence electrons. The summed E-state index contributed by atoms with van der Waals surface area (Å²) >= 11 is 0. The number of rotatable bonds is 3. The van der Waals surface area contributed by atoms with Crippen molar-refractivity contribution < 1.29 is 9.18 Å². The van der Waals surface area contributed by atoms with Gasteiger partial charge in [-0.1, -0.05) is 0 Å². The minimum Gasteiger partial charge on any atom is -0.349 e. The van der Waals surface area contributed by atoms with Gasteiger partial charge < -0.3 is 15.6 Å². The number of imidazole rings is 1. The first-order valence-corrected chi connectivity index (χ1v) is 9.83. The van der Waals surface area contributed by atoms with Gasteiger partial charge in [-0.2, -0.15) is 0 Å². The lowest BCUT2D eigenvalue weighted by molar-refractivity contribution is 0.0872. The molecular weight excluding hydrogens is 369 g/mol. The van der Waals surface area contributed by atoms with Crippen LogP contribution in [0.2, 0.25) is 0 Å². The van der Waals surface area contributed by atoms with Crippen molar-refractivity contribution in [3.8, 4) is 11.4 Å². The number of piperidine rings is 1. The Labute approximate surface area is 169 Å². The molecule has 1 aliphatic heterocycles. The summed E-state index contributed by atoms with van der Waals surface area (Å²) in [4.78, 5) is 24.3. The summed E-state index contributed by atoms with van der Waals surface area (Å²) in [5.41, 5.74) is 1.71. The van der Waals surface area contributed by atoms with Gasteiger partial charge in [-0.05, 0) is 70.9 Å². The molecule has 0 atom stereocenters. The first-order valence-electron chi connectivity index (χ1n) is 9.83. The van der Waals surface area contributed by atoms with Crippen molar-refractivity contribution in [2.24, 2.45) is 0 Å². The van der Waals surface area contributed by atoms with E-state index in [-0.39, 0.29) is 23.0 Å². The summed E-state index contributed by atoms with van der Waals surface area (Å²) in [5.74, 6) is -0.368. The third kappa shape index (κ3) is 4.15. The predicted molar refractivity (Wildman–Crippen MR) is 111 cm³/mol. The first kappa shape index (κ1) is 19.5. The van der Waals surface area contributed by atoms with Crippen LogP contribution in [-0.2, 0) is 0 Å². The maximum Gasteiger partial charge on any atom is 0.251 e. The van der Waals surface area contributed by atoms with Crippen LogP contribution < -0.4 is 10.6 Å². The minimum atomic E-state index is -0.498. The molecule has 0 bridgehead atoms. The van der Waals surface area contributed by atoms with E-state index in [1.165, 1.54) is 6.07 Å². The largest absolute Gasteiger partial charge is 0.349 e. The number of hydrogen-bond donors (Lipinski definition) is 3. The summed E-state index contributed by atoms with van der Waals surface area (Å²) in [6.45, 7) is 8.51. The maximum absolute atomic E-state index is 14.8. The Morgan fingerprint density at radius 2 is 1.90 bits per heavy atom. The number of aromatic amines is 1. The first-order chi connectivity index (χ1) is 13.6. The fourth-order valence-corrected chi connectivity index (χ4v) is 4.51. The van der Waals surface area contributed by atoms with Crippen LogP contribution >= 0.6 is 0 Å². The number of H-pyrrole nitrogens is 1. The van der Waals surface area contributed by atoms with E-state index in [4.69, 9.17) is 0 Å². The Balaban J connectivity index is 1.53.